The monoisotopic (exact) mass is 249 g/mol. The number of nitrogens with two attached hydrogens (primary N) is 1. The summed E-state index contributed by atoms with van der Waals surface area (Å²) >= 11 is 0. The highest BCUT2D eigenvalue weighted by Crippen LogP contribution is 2.33. The molecule has 2 aromatic carbocycles. The summed E-state index contributed by atoms with van der Waals surface area (Å²) in [4.78, 5) is 0. The molecule has 19 heavy (non-hydrogen) atoms. The third-order valence-corrected chi connectivity index (χ3v) is 3.80. The first kappa shape index (κ1) is 12.0. The summed E-state index contributed by atoms with van der Waals surface area (Å²) < 4.78 is 0. The number of hydrogen-bond acceptors (Lipinski definition) is 1. The van der Waals surface area contributed by atoms with Gasteiger partial charge < -0.3 is 5.73 Å². The van der Waals surface area contributed by atoms with Crippen LogP contribution in [0.2, 0.25) is 0 Å². The van der Waals surface area contributed by atoms with E-state index in [9.17, 15) is 0 Å². The maximum absolute atomic E-state index is 6.16. The average molecular weight is 249 g/mol. The van der Waals surface area contributed by atoms with Crippen LogP contribution in [0.1, 0.15) is 31.2 Å². The van der Waals surface area contributed by atoms with Gasteiger partial charge in [-0.15, -0.1) is 0 Å². The second-order valence-corrected chi connectivity index (χ2v) is 5.14. The molecule has 1 aliphatic carbocycles. The Balaban J connectivity index is 2.03. The second-order valence-electron chi connectivity index (χ2n) is 5.14. The lowest BCUT2D eigenvalue weighted by atomic mass is 9.90. The van der Waals surface area contributed by atoms with Gasteiger partial charge in [0.15, 0.2) is 0 Å². The van der Waals surface area contributed by atoms with Crippen molar-refractivity contribution in [3.63, 3.8) is 0 Å². The van der Waals surface area contributed by atoms with Gasteiger partial charge >= 0.3 is 0 Å². The molecule has 0 saturated carbocycles. The molecule has 0 fully saturated rings. The number of nitrogen functional groups attached to an aromatic ring is 1. The van der Waals surface area contributed by atoms with Crippen molar-refractivity contribution in [3.05, 3.63) is 60.2 Å². The van der Waals surface area contributed by atoms with Gasteiger partial charge in [0.2, 0.25) is 0 Å². The first-order valence-corrected chi connectivity index (χ1v) is 6.99. The van der Waals surface area contributed by atoms with Crippen LogP contribution in [0.25, 0.3) is 16.7 Å². The molecule has 0 atom stereocenters. The molecule has 2 aromatic rings. The average Bonchev–Trinajstić information content (AvgIpc) is 2.49. The third kappa shape index (κ3) is 2.55. The summed E-state index contributed by atoms with van der Waals surface area (Å²) in [5.41, 5.74) is 12.2. The first-order valence-electron chi connectivity index (χ1n) is 6.99. The van der Waals surface area contributed by atoms with Crippen molar-refractivity contribution < 1.29 is 0 Å². The summed E-state index contributed by atoms with van der Waals surface area (Å²) in [6.07, 6.45) is 7.28. The van der Waals surface area contributed by atoms with Crippen LogP contribution in [0, 0.1) is 0 Å². The van der Waals surface area contributed by atoms with Crippen molar-refractivity contribution in [2.24, 2.45) is 0 Å². The summed E-state index contributed by atoms with van der Waals surface area (Å²) in [6, 6.07) is 16.9. The summed E-state index contributed by atoms with van der Waals surface area (Å²) in [6.45, 7) is 0. The van der Waals surface area contributed by atoms with Gasteiger partial charge in [-0.3, -0.25) is 0 Å². The molecule has 0 unspecified atom stereocenters. The maximum atomic E-state index is 6.16. The fraction of sp³-hybridized carbons (Fsp3) is 0.222. The zero-order valence-corrected chi connectivity index (χ0v) is 11.1. The van der Waals surface area contributed by atoms with Crippen LogP contribution in [0.15, 0.2) is 54.6 Å². The fourth-order valence-electron chi connectivity index (χ4n) is 2.73. The molecule has 0 radical (unpaired) electrons. The van der Waals surface area contributed by atoms with Crippen LogP contribution in [-0.4, -0.2) is 0 Å². The third-order valence-electron chi connectivity index (χ3n) is 3.80. The van der Waals surface area contributed by atoms with Gasteiger partial charge in [0, 0.05) is 11.3 Å². The van der Waals surface area contributed by atoms with Gasteiger partial charge in [-0.1, -0.05) is 42.5 Å². The molecule has 0 saturated heterocycles. The predicted octanol–water partition coefficient (Wildman–Crippen LogP) is 4.89. The van der Waals surface area contributed by atoms with Gasteiger partial charge in [-0.25, -0.2) is 0 Å². The number of anilines is 1. The Hall–Kier alpha value is -2.02. The van der Waals surface area contributed by atoms with E-state index in [1.807, 2.05) is 12.1 Å². The van der Waals surface area contributed by atoms with Crippen LogP contribution in [0.4, 0.5) is 5.69 Å². The van der Waals surface area contributed by atoms with Crippen molar-refractivity contribution in [2.45, 2.75) is 25.7 Å². The minimum atomic E-state index is 0.896. The predicted molar refractivity (Wildman–Crippen MR) is 82.7 cm³/mol. The SMILES string of the molecule is Nc1ccc(-c2ccccc2)cc1C1=CCCCC1. The summed E-state index contributed by atoms with van der Waals surface area (Å²) in [5, 5.41) is 0. The maximum Gasteiger partial charge on any atom is 0.0390 e. The number of hydrogen-bond donors (Lipinski definition) is 1. The molecule has 3 rings (SSSR count). The van der Waals surface area contributed by atoms with Gasteiger partial charge in [0.05, 0.1) is 0 Å². The largest absolute Gasteiger partial charge is 0.398 e. The molecule has 0 bridgehead atoms. The highest BCUT2D eigenvalue weighted by atomic mass is 14.6. The Morgan fingerprint density at radius 2 is 1.68 bits per heavy atom. The van der Waals surface area contributed by atoms with Crippen molar-refractivity contribution in [1.82, 2.24) is 0 Å². The van der Waals surface area contributed by atoms with E-state index >= 15 is 0 Å². The van der Waals surface area contributed by atoms with E-state index in [1.54, 1.807) is 0 Å². The van der Waals surface area contributed by atoms with Crippen molar-refractivity contribution in [3.8, 4) is 11.1 Å². The number of rotatable bonds is 2. The molecule has 1 nitrogen and oxygen atoms in total. The standard InChI is InChI=1S/C18H19N/c19-18-12-11-16(14-7-3-1-4-8-14)13-17(18)15-9-5-2-6-10-15/h1,3-4,7-9,11-13H,2,5-6,10,19H2. The van der Waals surface area contributed by atoms with Crippen molar-refractivity contribution in [1.29, 1.82) is 0 Å². The lowest BCUT2D eigenvalue weighted by Crippen LogP contribution is -1.97. The summed E-state index contributed by atoms with van der Waals surface area (Å²) in [7, 11) is 0. The van der Waals surface area contributed by atoms with Crippen LogP contribution < -0.4 is 5.73 Å². The number of allylic oxidation sites excluding steroid dienone is 2. The van der Waals surface area contributed by atoms with Crippen molar-refractivity contribution in [2.75, 3.05) is 5.73 Å². The highest BCUT2D eigenvalue weighted by Gasteiger charge is 2.10. The molecule has 0 aliphatic heterocycles. The molecule has 1 heteroatoms. The Morgan fingerprint density at radius 3 is 2.42 bits per heavy atom. The Labute approximate surface area is 114 Å². The molecule has 96 valence electrons. The van der Waals surface area contributed by atoms with Gasteiger partial charge in [0.25, 0.3) is 0 Å². The zero-order valence-electron chi connectivity index (χ0n) is 11.1. The first-order chi connectivity index (χ1) is 9.34. The van der Waals surface area contributed by atoms with E-state index in [1.165, 1.54) is 41.5 Å². The van der Waals surface area contributed by atoms with E-state index in [2.05, 4.69) is 42.5 Å². The molecule has 1 aliphatic rings. The Bertz CT molecular complexity index is 596. The minimum Gasteiger partial charge on any atom is -0.398 e. The van der Waals surface area contributed by atoms with Crippen LogP contribution in [-0.2, 0) is 0 Å². The van der Waals surface area contributed by atoms with E-state index in [-0.39, 0.29) is 0 Å². The normalized spacial score (nSPS) is 15.1. The van der Waals surface area contributed by atoms with E-state index < -0.39 is 0 Å². The van der Waals surface area contributed by atoms with Crippen LogP contribution in [0.5, 0.6) is 0 Å². The van der Waals surface area contributed by atoms with E-state index in [4.69, 9.17) is 5.73 Å². The van der Waals surface area contributed by atoms with Gasteiger partial charge in [-0.05, 0) is 54.5 Å². The topological polar surface area (TPSA) is 26.0 Å². The van der Waals surface area contributed by atoms with E-state index in [0.29, 0.717) is 0 Å². The zero-order chi connectivity index (χ0) is 13.1. The lowest BCUT2D eigenvalue weighted by Gasteiger charge is -2.16. The van der Waals surface area contributed by atoms with Crippen molar-refractivity contribution >= 4 is 11.3 Å². The quantitative estimate of drug-likeness (QED) is 0.753. The van der Waals surface area contributed by atoms with Crippen LogP contribution >= 0.6 is 0 Å². The molecule has 0 spiro atoms. The van der Waals surface area contributed by atoms with Gasteiger partial charge in [-0.2, -0.15) is 0 Å². The Morgan fingerprint density at radius 1 is 0.842 bits per heavy atom. The van der Waals surface area contributed by atoms with E-state index in [0.717, 1.165) is 12.1 Å². The second kappa shape index (κ2) is 5.31. The molecule has 0 aromatic heterocycles. The molecule has 0 heterocycles. The highest BCUT2D eigenvalue weighted by molar-refractivity contribution is 5.80. The fourth-order valence-corrected chi connectivity index (χ4v) is 2.73. The number of benzene rings is 2. The molecular weight excluding hydrogens is 230 g/mol. The molecule has 0 amide bonds. The summed E-state index contributed by atoms with van der Waals surface area (Å²) in [5.74, 6) is 0. The molecular formula is C18H19N. The lowest BCUT2D eigenvalue weighted by molar-refractivity contribution is 0.742. The molecule has 2 N–H and O–H groups in total. The van der Waals surface area contributed by atoms with Crippen LogP contribution in [0.3, 0.4) is 0 Å². The van der Waals surface area contributed by atoms with Gasteiger partial charge in [0.1, 0.15) is 0 Å². The Kier molecular flexibility index (Phi) is 3.37. The smallest absolute Gasteiger partial charge is 0.0390 e. The minimum absolute atomic E-state index is 0.896.